The molecule has 0 saturated carbocycles. The van der Waals surface area contributed by atoms with Crippen LogP contribution in [0.2, 0.25) is 0 Å². The van der Waals surface area contributed by atoms with Gasteiger partial charge >= 0.3 is 11.9 Å². The lowest BCUT2D eigenvalue weighted by atomic mass is 9.95. The molecule has 2 aliphatic heterocycles. The van der Waals surface area contributed by atoms with Gasteiger partial charge in [0.2, 0.25) is 5.91 Å². The van der Waals surface area contributed by atoms with Gasteiger partial charge in [-0.2, -0.15) is 18.2 Å². The summed E-state index contributed by atoms with van der Waals surface area (Å²) in [7, 11) is 1.43. The second kappa shape index (κ2) is 10.5. The molecule has 0 aliphatic carbocycles. The van der Waals surface area contributed by atoms with Gasteiger partial charge in [0.25, 0.3) is 0 Å². The predicted molar refractivity (Wildman–Crippen MR) is 141 cm³/mol. The molecule has 0 spiro atoms. The van der Waals surface area contributed by atoms with Gasteiger partial charge in [0.1, 0.15) is 17.5 Å². The average Bonchev–Trinajstić information content (AvgIpc) is 3.10. The lowest BCUT2D eigenvalue weighted by Crippen LogP contribution is -2.54. The maximum atomic E-state index is 15.0. The third kappa shape index (κ3) is 4.85. The fourth-order valence-corrected chi connectivity index (χ4v) is 6.60. The van der Waals surface area contributed by atoms with Crippen molar-refractivity contribution in [2.75, 3.05) is 37.4 Å². The molecule has 1 saturated heterocycles. The molecular weight excluding hydrogens is 555 g/mol. The number of halogens is 5. The Morgan fingerprint density at radius 3 is 2.58 bits per heavy atom. The highest BCUT2D eigenvalue weighted by Crippen LogP contribution is 2.49. The van der Waals surface area contributed by atoms with E-state index in [0.29, 0.717) is 6.07 Å². The normalized spacial score (nSPS) is 19.6. The van der Waals surface area contributed by atoms with Crippen molar-refractivity contribution in [3.63, 3.8) is 0 Å². The number of benzene rings is 2. The fraction of sp³-hybridized carbons (Fsp3) is 0.370. The van der Waals surface area contributed by atoms with E-state index in [2.05, 4.69) is 11.6 Å². The highest BCUT2D eigenvalue weighted by Gasteiger charge is 2.39. The summed E-state index contributed by atoms with van der Waals surface area (Å²) < 4.78 is 79.5. The Labute approximate surface area is 230 Å². The summed E-state index contributed by atoms with van der Waals surface area (Å²) in [6.45, 7) is 6.01. The summed E-state index contributed by atoms with van der Waals surface area (Å²) in [5, 5.41) is 0.0628. The van der Waals surface area contributed by atoms with E-state index in [-0.39, 0.29) is 65.5 Å². The van der Waals surface area contributed by atoms with Crippen LogP contribution in [0.5, 0.6) is 0 Å². The van der Waals surface area contributed by atoms with Crippen molar-refractivity contribution in [1.29, 1.82) is 0 Å². The summed E-state index contributed by atoms with van der Waals surface area (Å²) in [6, 6.07) is 2.89. The molecule has 0 unspecified atom stereocenters. The largest absolute Gasteiger partial charge is 0.417 e. The van der Waals surface area contributed by atoms with Crippen LogP contribution in [-0.4, -0.2) is 65.0 Å². The van der Waals surface area contributed by atoms with Crippen LogP contribution < -0.4 is 10.6 Å². The van der Waals surface area contributed by atoms with Crippen molar-refractivity contribution in [2.45, 2.75) is 36.7 Å². The standard InChI is InChI=1S/C27H25F5N4O3S/c1-4-21(37)34-7-8-35(14(2)11-34)25-18-10-19(27(30,31)32)22(17-6-5-15(28)9-20(17)29)24-23(18)36(26(38)33-25)12-16(39-3)13-40-24/h4-6,9-10,14,16H,1,7-8,11-13H2,2-3H3/t14-,16+/m0/s1. The molecule has 0 bridgehead atoms. The van der Waals surface area contributed by atoms with Crippen LogP contribution in [0.1, 0.15) is 12.5 Å². The van der Waals surface area contributed by atoms with E-state index in [1.54, 1.807) is 16.7 Å². The second-order valence-corrected chi connectivity index (χ2v) is 10.7. The number of thioether (sulfide) groups is 1. The molecule has 3 aromatic rings. The van der Waals surface area contributed by atoms with E-state index >= 15 is 4.39 Å². The van der Waals surface area contributed by atoms with Crippen molar-refractivity contribution < 1.29 is 31.5 Å². The number of alkyl halides is 3. The molecule has 5 rings (SSSR count). The monoisotopic (exact) mass is 580 g/mol. The Morgan fingerprint density at radius 1 is 1.20 bits per heavy atom. The number of anilines is 1. The minimum atomic E-state index is -4.92. The first-order valence-corrected chi connectivity index (χ1v) is 13.4. The van der Waals surface area contributed by atoms with Gasteiger partial charge in [-0.3, -0.25) is 9.36 Å². The van der Waals surface area contributed by atoms with Gasteiger partial charge in [0.05, 0.1) is 23.7 Å². The summed E-state index contributed by atoms with van der Waals surface area (Å²) in [5.41, 5.74) is -2.57. The molecular formula is C27H25F5N4O3S. The minimum Gasteiger partial charge on any atom is -0.379 e. The molecule has 0 N–H and O–H groups in total. The molecule has 1 amide bonds. The van der Waals surface area contributed by atoms with Crippen LogP contribution in [0.4, 0.5) is 27.8 Å². The van der Waals surface area contributed by atoms with Crippen molar-refractivity contribution >= 4 is 34.4 Å². The van der Waals surface area contributed by atoms with Crippen LogP contribution in [-0.2, 0) is 22.3 Å². The average molecular weight is 581 g/mol. The number of nitrogens with zero attached hydrogens (tertiary/aromatic N) is 4. The van der Waals surface area contributed by atoms with E-state index in [1.165, 1.54) is 17.8 Å². The van der Waals surface area contributed by atoms with Crippen LogP contribution in [0.15, 0.2) is 46.6 Å². The Bertz CT molecular complexity index is 1570. The SMILES string of the molecule is C=CC(=O)N1CCN(c2nc(=O)n3c4c(c(-c5ccc(F)cc5F)c(C(F)(F)F)cc24)SC[C@H](OC)C3)[C@@H](C)C1. The Kier molecular flexibility index (Phi) is 7.38. The number of hydrogen-bond acceptors (Lipinski definition) is 6. The van der Waals surface area contributed by atoms with Crippen molar-refractivity contribution in [3.05, 3.63) is 64.6 Å². The number of piperazine rings is 1. The maximum absolute atomic E-state index is 15.0. The van der Waals surface area contributed by atoms with E-state index in [4.69, 9.17) is 4.74 Å². The lowest BCUT2D eigenvalue weighted by molar-refractivity contribution is -0.137. The van der Waals surface area contributed by atoms with E-state index in [9.17, 15) is 27.2 Å². The van der Waals surface area contributed by atoms with E-state index < -0.39 is 46.3 Å². The fourth-order valence-electron chi connectivity index (χ4n) is 5.28. The summed E-state index contributed by atoms with van der Waals surface area (Å²) in [4.78, 5) is 33.1. The Morgan fingerprint density at radius 2 is 1.95 bits per heavy atom. The van der Waals surface area contributed by atoms with Crippen molar-refractivity contribution in [3.8, 4) is 11.1 Å². The van der Waals surface area contributed by atoms with Crippen LogP contribution in [0, 0.1) is 11.6 Å². The molecule has 3 heterocycles. The highest BCUT2D eigenvalue weighted by atomic mass is 32.2. The smallest absolute Gasteiger partial charge is 0.379 e. The lowest BCUT2D eigenvalue weighted by Gasteiger charge is -2.40. The van der Waals surface area contributed by atoms with E-state index in [1.807, 2.05) is 0 Å². The highest BCUT2D eigenvalue weighted by molar-refractivity contribution is 7.99. The zero-order valence-electron chi connectivity index (χ0n) is 21.6. The van der Waals surface area contributed by atoms with Crippen molar-refractivity contribution in [2.24, 2.45) is 0 Å². The number of rotatable bonds is 4. The summed E-state index contributed by atoms with van der Waals surface area (Å²) in [6.07, 6.45) is -4.28. The molecule has 212 valence electrons. The first kappa shape index (κ1) is 28.1. The molecule has 7 nitrogen and oxygen atoms in total. The number of carbonyl (C=O) groups excluding carboxylic acids is 1. The van der Waals surface area contributed by atoms with Crippen LogP contribution in [0.25, 0.3) is 22.0 Å². The second-order valence-electron chi connectivity index (χ2n) is 9.67. The van der Waals surface area contributed by atoms with Gasteiger partial charge in [0, 0.05) is 66.0 Å². The van der Waals surface area contributed by atoms with Gasteiger partial charge in [-0.25, -0.2) is 13.6 Å². The topological polar surface area (TPSA) is 67.7 Å². The van der Waals surface area contributed by atoms with Crippen LogP contribution in [0.3, 0.4) is 0 Å². The number of amides is 1. The third-order valence-electron chi connectivity index (χ3n) is 7.22. The maximum Gasteiger partial charge on any atom is 0.417 e. The van der Waals surface area contributed by atoms with Gasteiger partial charge in [-0.1, -0.05) is 6.58 Å². The molecule has 2 atom stereocenters. The zero-order chi connectivity index (χ0) is 28.9. The first-order valence-electron chi connectivity index (χ1n) is 12.4. The van der Waals surface area contributed by atoms with E-state index in [0.717, 1.165) is 30.0 Å². The molecule has 2 aliphatic rings. The predicted octanol–water partition coefficient (Wildman–Crippen LogP) is 4.70. The molecule has 1 aromatic heterocycles. The molecule has 1 fully saturated rings. The van der Waals surface area contributed by atoms with Crippen molar-refractivity contribution in [1.82, 2.24) is 14.5 Å². The number of aromatic nitrogens is 2. The number of methoxy groups -OCH3 is 1. The summed E-state index contributed by atoms with van der Waals surface area (Å²) in [5.74, 6) is -2.14. The summed E-state index contributed by atoms with van der Waals surface area (Å²) >= 11 is 1.02. The number of ether oxygens (including phenoxy) is 1. The minimum absolute atomic E-state index is 0.0208. The zero-order valence-corrected chi connectivity index (χ0v) is 22.4. The molecule has 40 heavy (non-hydrogen) atoms. The van der Waals surface area contributed by atoms with Gasteiger partial charge in [-0.05, 0) is 31.2 Å². The van der Waals surface area contributed by atoms with Crippen LogP contribution >= 0.6 is 11.8 Å². The molecule has 13 heteroatoms. The third-order valence-corrected chi connectivity index (χ3v) is 8.45. The van der Waals surface area contributed by atoms with Gasteiger partial charge < -0.3 is 14.5 Å². The Hall–Kier alpha value is -3.45. The Balaban J connectivity index is 1.84. The quantitative estimate of drug-likeness (QED) is 0.329. The van der Waals surface area contributed by atoms with Gasteiger partial charge in [0.15, 0.2) is 0 Å². The number of hydrogen-bond donors (Lipinski definition) is 0. The first-order chi connectivity index (χ1) is 18.9. The molecule has 0 radical (unpaired) electrons. The molecule has 2 aromatic carbocycles. The van der Waals surface area contributed by atoms with Gasteiger partial charge in [-0.15, -0.1) is 11.8 Å². The number of carbonyl (C=O) groups is 1.